The van der Waals surface area contributed by atoms with Gasteiger partial charge in [-0.05, 0) is 61.0 Å². The molecule has 4 N–H and O–H groups in total. The third kappa shape index (κ3) is 7.76. The van der Waals surface area contributed by atoms with Gasteiger partial charge in [0.15, 0.2) is 11.6 Å². The Morgan fingerprint density at radius 2 is 1.69 bits per heavy atom. The Morgan fingerprint density at radius 3 is 2.31 bits per heavy atom. The number of carbonyl (C=O) groups is 2. The number of aryl methyl sites for hydroxylation is 1. The summed E-state index contributed by atoms with van der Waals surface area (Å²) < 4.78 is 40.6. The number of carbonyl (C=O) groups excluding carboxylic acids is 2. The first-order valence-electron chi connectivity index (χ1n) is 10.4. The summed E-state index contributed by atoms with van der Waals surface area (Å²) in [6.45, 7) is 1.79. The number of nitrogens with two attached hydrogens (primary N) is 2. The van der Waals surface area contributed by atoms with Gasteiger partial charge in [-0.1, -0.05) is 17.9 Å². The first-order valence-corrected chi connectivity index (χ1v) is 10.4. The minimum Gasteiger partial charge on any atom is -0.316 e. The topological polar surface area (TPSA) is 99.1 Å². The summed E-state index contributed by atoms with van der Waals surface area (Å²) in [7, 11) is 0. The van der Waals surface area contributed by atoms with Gasteiger partial charge in [0.25, 0.3) is 0 Å². The summed E-state index contributed by atoms with van der Waals surface area (Å²) in [5, 5.41) is 0. The van der Waals surface area contributed by atoms with Crippen LogP contribution in [0.25, 0.3) is 0 Å². The summed E-state index contributed by atoms with van der Waals surface area (Å²) in [5.74, 6) is 4.69. The van der Waals surface area contributed by atoms with Gasteiger partial charge in [0.2, 0.25) is 0 Å². The minimum atomic E-state index is -4.70. The van der Waals surface area contributed by atoms with Gasteiger partial charge >= 0.3 is 6.18 Å². The zero-order chi connectivity index (χ0) is 24.9. The number of halogens is 4. The molecule has 2 aromatic carbocycles. The second-order valence-corrected chi connectivity index (χ2v) is 7.81. The summed E-state index contributed by atoms with van der Waals surface area (Å²) in [6, 6.07) is 13.1. The molecule has 0 unspecified atom stereocenters. The van der Waals surface area contributed by atoms with Crippen molar-refractivity contribution in [2.75, 3.05) is 0 Å². The fourth-order valence-corrected chi connectivity index (χ4v) is 3.35. The summed E-state index contributed by atoms with van der Waals surface area (Å²) in [5.41, 5.74) is 11.7. The van der Waals surface area contributed by atoms with E-state index in [1.54, 1.807) is 43.3 Å². The van der Waals surface area contributed by atoms with Crippen molar-refractivity contribution in [2.45, 2.75) is 32.1 Å². The summed E-state index contributed by atoms with van der Waals surface area (Å²) >= 11 is 0. The molecule has 182 valence electrons. The smallest absolute Gasteiger partial charge is 0.316 e. The van der Waals surface area contributed by atoms with Gasteiger partial charge in [-0.2, -0.15) is 13.2 Å². The third-order valence-electron chi connectivity index (χ3n) is 4.86. The van der Waals surface area contributed by atoms with Gasteiger partial charge in [-0.25, -0.2) is 0 Å². The molecule has 0 aliphatic heterocycles. The predicted octanol–water partition coefficient (Wildman–Crippen LogP) is 4.47. The van der Waals surface area contributed by atoms with E-state index >= 15 is 0 Å². The number of ketones is 2. The van der Waals surface area contributed by atoms with Gasteiger partial charge in [-0.3, -0.25) is 14.6 Å². The number of aromatic nitrogens is 1. The molecule has 3 aromatic rings. The number of rotatable bonds is 6. The highest BCUT2D eigenvalue weighted by Crippen LogP contribution is 2.33. The Bertz CT molecular complexity index is 1280. The van der Waals surface area contributed by atoms with Crippen LogP contribution in [0.4, 0.5) is 13.2 Å². The molecular weight excluding hydrogens is 479 g/mol. The van der Waals surface area contributed by atoms with Crippen molar-refractivity contribution in [3.8, 4) is 11.8 Å². The van der Waals surface area contributed by atoms with Crippen molar-refractivity contribution in [3.05, 3.63) is 99.9 Å². The van der Waals surface area contributed by atoms with E-state index in [-0.39, 0.29) is 36.6 Å². The van der Waals surface area contributed by atoms with E-state index < -0.39 is 29.3 Å². The lowest BCUT2D eigenvalue weighted by Gasteiger charge is -2.12. The number of alkyl halides is 3. The molecule has 9 heteroatoms. The van der Waals surface area contributed by atoms with Crippen molar-refractivity contribution in [1.82, 2.24) is 4.98 Å². The van der Waals surface area contributed by atoms with Crippen LogP contribution in [-0.4, -0.2) is 22.7 Å². The molecule has 0 saturated heterocycles. The van der Waals surface area contributed by atoms with Crippen LogP contribution in [0.2, 0.25) is 0 Å². The first-order chi connectivity index (χ1) is 16.0. The van der Waals surface area contributed by atoms with E-state index in [1.165, 1.54) is 12.3 Å². The maximum atomic E-state index is 13.5. The maximum Gasteiger partial charge on any atom is 0.417 e. The van der Waals surface area contributed by atoms with Crippen LogP contribution in [0, 0.1) is 18.8 Å². The Labute approximate surface area is 207 Å². The van der Waals surface area contributed by atoms with Crippen LogP contribution in [0.3, 0.4) is 0 Å². The highest BCUT2D eigenvalue weighted by atomic mass is 35.5. The Kier molecular flexibility index (Phi) is 9.32. The highest BCUT2D eigenvalue weighted by Gasteiger charge is 2.35. The zero-order valence-electron chi connectivity index (χ0n) is 18.7. The molecule has 0 saturated carbocycles. The van der Waals surface area contributed by atoms with E-state index in [1.807, 2.05) is 0 Å². The molecule has 0 aliphatic carbocycles. The molecular formula is C26H23ClF3N3O2. The molecule has 0 bridgehead atoms. The fraction of sp³-hybridized carbons (Fsp3) is 0.192. The average Bonchev–Trinajstić information content (AvgIpc) is 2.76. The van der Waals surface area contributed by atoms with Crippen LogP contribution in [-0.2, 0) is 12.6 Å². The predicted molar refractivity (Wildman–Crippen MR) is 129 cm³/mol. The zero-order valence-corrected chi connectivity index (χ0v) is 19.5. The molecule has 0 radical (unpaired) electrons. The quantitative estimate of drug-likeness (QED) is 0.295. The Morgan fingerprint density at radius 1 is 0.971 bits per heavy atom. The molecule has 5 nitrogen and oxygen atoms in total. The van der Waals surface area contributed by atoms with E-state index in [2.05, 4.69) is 16.8 Å². The molecule has 35 heavy (non-hydrogen) atoms. The van der Waals surface area contributed by atoms with E-state index in [4.69, 9.17) is 11.5 Å². The van der Waals surface area contributed by atoms with Crippen molar-refractivity contribution >= 4 is 24.0 Å². The molecule has 0 atom stereocenters. The standard InChI is InChI=1S/C26H22F3N3O2.ClH/c1-16-10-18(12-19(11-16)23(33)15-25(30)31)6-5-17-7-8-22(26(27,28)29)21(13-17)24(34)14-20-4-2-3-9-32-20;/h2-4,7-13,25H,14-15,30-31H2,1H3;1H. The van der Waals surface area contributed by atoms with Gasteiger partial charge in [0.1, 0.15) is 0 Å². The SMILES string of the molecule is Cc1cc(C#Cc2ccc(C(F)(F)F)c(C(=O)Cc3ccccn3)c2)cc(C(=O)CC(N)N)c1.Cl. The van der Waals surface area contributed by atoms with Gasteiger partial charge < -0.3 is 11.5 Å². The third-order valence-corrected chi connectivity index (χ3v) is 4.86. The first kappa shape index (κ1) is 27.7. The second kappa shape index (κ2) is 11.8. The van der Waals surface area contributed by atoms with Gasteiger partial charge in [0.05, 0.1) is 18.2 Å². The number of nitrogens with zero attached hydrogens (tertiary/aromatic N) is 1. The summed E-state index contributed by atoms with van der Waals surface area (Å²) in [6.07, 6.45) is -4.31. The molecule has 0 amide bonds. The van der Waals surface area contributed by atoms with Crippen molar-refractivity contribution in [1.29, 1.82) is 0 Å². The van der Waals surface area contributed by atoms with E-state index in [0.717, 1.165) is 17.7 Å². The van der Waals surface area contributed by atoms with E-state index in [9.17, 15) is 22.8 Å². The summed E-state index contributed by atoms with van der Waals surface area (Å²) in [4.78, 5) is 29.0. The number of hydrogen-bond acceptors (Lipinski definition) is 5. The molecule has 1 heterocycles. The van der Waals surface area contributed by atoms with Crippen LogP contribution in [0.5, 0.6) is 0 Å². The molecule has 3 rings (SSSR count). The maximum absolute atomic E-state index is 13.5. The van der Waals surface area contributed by atoms with Gasteiger partial charge in [0, 0.05) is 40.6 Å². The lowest BCUT2D eigenvalue weighted by molar-refractivity contribution is -0.137. The monoisotopic (exact) mass is 501 g/mol. The Hall–Kier alpha value is -3.51. The van der Waals surface area contributed by atoms with Crippen LogP contribution in [0.1, 0.15) is 55.1 Å². The number of Topliss-reactive ketones (excluding diaryl/α,β-unsaturated/α-hetero) is 2. The van der Waals surface area contributed by atoms with Crippen LogP contribution in [0.15, 0.2) is 60.8 Å². The molecule has 0 fully saturated rings. The molecule has 1 aromatic heterocycles. The number of hydrogen-bond donors (Lipinski definition) is 2. The van der Waals surface area contributed by atoms with Crippen molar-refractivity contribution in [2.24, 2.45) is 11.5 Å². The molecule has 0 aliphatic rings. The normalized spacial score (nSPS) is 10.8. The second-order valence-electron chi connectivity index (χ2n) is 7.81. The average molecular weight is 502 g/mol. The van der Waals surface area contributed by atoms with Crippen molar-refractivity contribution < 1.29 is 22.8 Å². The lowest BCUT2D eigenvalue weighted by atomic mass is 9.97. The van der Waals surface area contributed by atoms with E-state index in [0.29, 0.717) is 16.8 Å². The van der Waals surface area contributed by atoms with Gasteiger partial charge in [-0.15, -0.1) is 12.4 Å². The fourth-order valence-electron chi connectivity index (χ4n) is 3.35. The van der Waals surface area contributed by atoms with Crippen LogP contribution >= 0.6 is 12.4 Å². The number of pyridine rings is 1. The number of benzene rings is 2. The lowest BCUT2D eigenvalue weighted by Crippen LogP contribution is -2.32. The highest BCUT2D eigenvalue weighted by molar-refractivity contribution is 5.99. The van der Waals surface area contributed by atoms with Crippen LogP contribution < -0.4 is 11.5 Å². The molecule has 0 spiro atoms. The Balaban J connectivity index is 0.00000432. The largest absolute Gasteiger partial charge is 0.417 e. The minimum absolute atomic E-state index is 0. The van der Waals surface area contributed by atoms with Crippen molar-refractivity contribution in [3.63, 3.8) is 0 Å².